The zero-order chi connectivity index (χ0) is 10.1. The second-order valence-electron chi connectivity index (χ2n) is 3.18. The molecule has 72 valence electrons. The number of hydrogen-bond donors (Lipinski definition) is 0. The van der Waals surface area contributed by atoms with Gasteiger partial charge in [-0.25, -0.2) is 0 Å². The molecule has 0 saturated heterocycles. The molecule has 0 saturated carbocycles. The molecule has 0 bridgehead atoms. The summed E-state index contributed by atoms with van der Waals surface area (Å²) < 4.78 is 25.6. The van der Waals surface area contributed by atoms with Gasteiger partial charge in [0.25, 0.3) is 5.92 Å². The number of hydrogen-bond acceptors (Lipinski definition) is 1. The Morgan fingerprint density at radius 3 is 2.38 bits per heavy atom. The monoisotopic (exact) mass is 185 g/mol. The largest absolute Gasteiger partial charge is 0.286 e. The van der Waals surface area contributed by atoms with E-state index in [9.17, 15) is 8.78 Å². The lowest BCUT2D eigenvalue weighted by Gasteiger charge is -2.11. The second-order valence-corrected chi connectivity index (χ2v) is 3.18. The molecule has 0 spiro atoms. The van der Waals surface area contributed by atoms with Crippen molar-refractivity contribution < 1.29 is 8.78 Å². The third-order valence-corrected chi connectivity index (χ3v) is 2.03. The summed E-state index contributed by atoms with van der Waals surface area (Å²) in [7, 11) is 0. The van der Waals surface area contributed by atoms with E-state index >= 15 is 0 Å². The summed E-state index contributed by atoms with van der Waals surface area (Å²) in [4.78, 5) is 3.87. The predicted octanol–water partition coefficient (Wildman–Crippen LogP) is 3.06. The molecule has 0 aliphatic rings. The summed E-state index contributed by atoms with van der Waals surface area (Å²) in [5, 5.41) is 0. The minimum absolute atomic E-state index is 0.151. The number of halogens is 2. The zero-order valence-corrected chi connectivity index (χ0v) is 8.06. The number of aromatic nitrogens is 1. The molecule has 1 rings (SSSR count). The van der Waals surface area contributed by atoms with E-state index in [0.717, 1.165) is 18.9 Å². The molecule has 0 aromatic carbocycles. The molecule has 3 heteroatoms. The molecule has 1 heterocycles. The molecule has 13 heavy (non-hydrogen) atoms. The topological polar surface area (TPSA) is 12.9 Å². The van der Waals surface area contributed by atoms with Crippen LogP contribution in [0.15, 0.2) is 12.1 Å². The SMILES string of the molecule is CCc1ccc(C(C)(F)F)nc1C. The highest BCUT2D eigenvalue weighted by Gasteiger charge is 2.26. The Bertz CT molecular complexity index is 302. The van der Waals surface area contributed by atoms with Crippen LogP contribution in [0.5, 0.6) is 0 Å². The molecule has 1 nitrogen and oxygen atoms in total. The van der Waals surface area contributed by atoms with Crippen molar-refractivity contribution in [2.75, 3.05) is 0 Å². The average molecular weight is 185 g/mol. The summed E-state index contributed by atoms with van der Waals surface area (Å²) in [6.45, 7) is 4.60. The Labute approximate surface area is 76.8 Å². The van der Waals surface area contributed by atoms with Gasteiger partial charge in [0, 0.05) is 12.6 Å². The van der Waals surface area contributed by atoms with Crippen molar-refractivity contribution in [2.45, 2.75) is 33.1 Å². The van der Waals surface area contributed by atoms with Gasteiger partial charge in [-0.1, -0.05) is 13.0 Å². The fourth-order valence-corrected chi connectivity index (χ4v) is 1.21. The second kappa shape index (κ2) is 3.40. The normalized spacial score (nSPS) is 11.8. The summed E-state index contributed by atoms with van der Waals surface area (Å²) in [6.07, 6.45) is 0.828. The van der Waals surface area contributed by atoms with Crippen LogP contribution in [-0.2, 0) is 12.3 Å². The van der Waals surface area contributed by atoms with E-state index in [0.29, 0.717) is 5.69 Å². The zero-order valence-electron chi connectivity index (χ0n) is 8.06. The number of alkyl halides is 2. The minimum atomic E-state index is -2.84. The molecular weight excluding hydrogens is 172 g/mol. The molecule has 0 fully saturated rings. The average Bonchev–Trinajstić information content (AvgIpc) is 2.02. The molecular formula is C10H13F2N. The number of aryl methyl sites for hydroxylation is 2. The first kappa shape index (κ1) is 10.1. The standard InChI is InChI=1S/C10H13F2N/c1-4-8-5-6-9(10(3,11)12)13-7(8)2/h5-6H,4H2,1-3H3. The molecule has 0 radical (unpaired) electrons. The van der Waals surface area contributed by atoms with E-state index in [-0.39, 0.29) is 5.69 Å². The van der Waals surface area contributed by atoms with Crippen LogP contribution < -0.4 is 0 Å². The van der Waals surface area contributed by atoms with Crippen LogP contribution in [0, 0.1) is 6.92 Å². The van der Waals surface area contributed by atoms with Crippen LogP contribution in [0.2, 0.25) is 0 Å². The predicted molar refractivity (Wildman–Crippen MR) is 47.9 cm³/mol. The van der Waals surface area contributed by atoms with Gasteiger partial charge in [0.15, 0.2) is 0 Å². The van der Waals surface area contributed by atoms with Crippen molar-refractivity contribution in [2.24, 2.45) is 0 Å². The highest BCUT2D eigenvalue weighted by atomic mass is 19.3. The number of rotatable bonds is 2. The summed E-state index contributed by atoms with van der Waals surface area (Å²) >= 11 is 0. The van der Waals surface area contributed by atoms with Crippen LogP contribution in [0.4, 0.5) is 8.78 Å². The summed E-state index contributed by atoms with van der Waals surface area (Å²) in [6, 6.07) is 3.11. The van der Waals surface area contributed by atoms with E-state index in [4.69, 9.17) is 0 Å². The van der Waals surface area contributed by atoms with Crippen molar-refractivity contribution >= 4 is 0 Å². The molecule has 0 N–H and O–H groups in total. The first-order chi connectivity index (χ1) is 5.95. The van der Waals surface area contributed by atoms with Gasteiger partial charge in [0.05, 0.1) is 0 Å². The molecule has 1 aromatic rings. The van der Waals surface area contributed by atoms with Crippen molar-refractivity contribution in [3.63, 3.8) is 0 Å². The van der Waals surface area contributed by atoms with E-state index in [1.807, 2.05) is 6.92 Å². The maximum atomic E-state index is 12.8. The molecule has 0 aliphatic heterocycles. The van der Waals surface area contributed by atoms with Gasteiger partial charge >= 0.3 is 0 Å². The molecule has 0 unspecified atom stereocenters. The lowest BCUT2D eigenvalue weighted by Crippen LogP contribution is -2.11. The lowest BCUT2D eigenvalue weighted by atomic mass is 10.1. The van der Waals surface area contributed by atoms with Crippen LogP contribution in [0.25, 0.3) is 0 Å². The Morgan fingerprint density at radius 1 is 1.38 bits per heavy atom. The third-order valence-electron chi connectivity index (χ3n) is 2.03. The highest BCUT2D eigenvalue weighted by Crippen LogP contribution is 2.25. The van der Waals surface area contributed by atoms with Gasteiger partial charge in [0.1, 0.15) is 5.69 Å². The van der Waals surface area contributed by atoms with Gasteiger partial charge in [-0.2, -0.15) is 8.78 Å². The van der Waals surface area contributed by atoms with E-state index < -0.39 is 5.92 Å². The fraction of sp³-hybridized carbons (Fsp3) is 0.500. The third kappa shape index (κ3) is 2.23. The maximum Gasteiger partial charge on any atom is 0.286 e. The van der Waals surface area contributed by atoms with Crippen molar-refractivity contribution in [3.8, 4) is 0 Å². The van der Waals surface area contributed by atoms with Crippen molar-refractivity contribution in [1.29, 1.82) is 0 Å². The molecule has 0 aliphatic carbocycles. The summed E-state index contributed by atoms with van der Waals surface area (Å²) in [5.41, 5.74) is 1.57. The van der Waals surface area contributed by atoms with E-state index in [1.165, 1.54) is 6.07 Å². The van der Waals surface area contributed by atoms with E-state index in [2.05, 4.69) is 4.98 Å². The van der Waals surface area contributed by atoms with Gasteiger partial charge in [-0.3, -0.25) is 4.98 Å². The van der Waals surface area contributed by atoms with Gasteiger partial charge < -0.3 is 0 Å². The molecule has 0 amide bonds. The van der Waals surface area contributed by atoms with Crippen LogP contribution in [0.1, 0.15) is 30.8 Å². The van der Waals surface area contributed by atoms with Crippen LogP contribution in [-0.4, -0.2) is 4.98 Å². The Morgan fingerprint density at radius 2 is 2.00 bits per heavy atom. The number of pyridine rings is 1. The maximum absolute atomic E-state index is 12.8. The molecule has 0 atom stereocenters. The highest BCUT2D eigenvalue weighted by molar-refractivity contribution is 5.23. The molecule has 1 aromatic heterocycles. The fourth-order valence-electron chi connectivity index (χ4n) is 1.21. The van der Waals surface area contributed by atoms with Crippen molar-refractivity contribution in [3.05, 3.63) is 29.1 Å². The Hall–Kier alpha value is -0.990. The summed E-state index contributed by atoms with van der Waals surface area (Å²) in [5.74, 6) is -2.84. The van der Waals surface area contributed by atoms with Gasteiger partial charge in [-0.15, -0.1) is 0 Å². The van der Waals surface area contributed by atoms with Crippen LogP contribution >= 0.6 is 0 Å². The van der Waals surface area contributed by atoms with Gasteiger partial charge in [0.2, 0.25) is 0 Å². The van der Waals surface area contributed by atoms with Gasteiger partial charge in [-0.05, 0) is 25.0 Å². The first-order valence-corrected chi connectivity index (χ1v) is 4.30. The Kier molecular flexibility index (Phi) is 2.64. The number of nitrogens with zero attached hydrogens (tertiary/aromatic N) is 1. The Balaban J connectivity index is 3.10. The quantitative estimate of drug-likeness (QED) is 0.690. The van der Waals surface area contributed by atoms with E-state index in [1.54, 1.807) is 13.0 Å². The van der Waals surface area contributed by atoms with Crippen molar-refractivity contribution in [1.82, 2.24) is 4.98 Å². The minimum Gasteiger partial charge on any atom is -0.252 e. The van der Waals surface area contributed by atoms with Crippen LogP contribution in [0.3, 0.4) is 0 Å². The smallest absolute Gasteiger partial charge is 0.252 e. The first-order valence-electron chi connectivity index (χ1n) is 4.30. The lowest BCUT2D eigenvalue weighted by molar-refractivity contribution is 0.0126.